The van der Waals surface area contributed by atoms with Crippen LogP contribution in [0.2, 0.25) is 0 Å². The molecule has 3 unspecified atom stereocenters. The second-order valence-electron chi connectivity index (χ2n) is 7.82. The highest BCUT2D eigenvalue weighted by molar-refractivity contribution is 9.10. The normalized spacial score (nSPS) is 28.0. The van der Waals surface area contributed by atoms with E-state index in [4.69, 9.17) is 0 Å². The maximum Gasteiger partial charge on any atom is 0.282 e. The zero-order valence-corrected chi connectivity index (χ0v) is 18.2. The minimum atomic E-state index is -3.53. The van der Waals surface area contributed by atoms with Gasteiger partial charge in [0.2, 0.25) is 5.91 Å². The summed E-state index contributed by atoms with van der Waals surface area (Å²) in [6.45, 7) is 6.00. The summed E-state index contributed by atoms with van der Waals surface area (Å²) in [6.07, 6.45) is 4.04. The van der Waals surface area contributed by atoms with Crippen molar-refractivity contribution < 1.29 is 13.2 Å². The van der Waals surface area contributed by atoms with E-state index in [1.165, 1.54) is 4.31 Å². The molecule has 0 spiro atoms. The number of carbonyl (C=O) groups excluding carboxylic acids is 1. The summed E-state index contributed by atoms with van der Waals surface area (Å²) in [5.41, 5.74) is 0. The Hall–Kier alpha value is -1.03. The summed E-state index contributed by atoms with van der Waals surface area (Å²) in [6, 6.07) is 3.52. The third-order valence-electron chi connectivity index (χ3n) is 5.22. The van der Waals surface area contributed by atoms with Crippen LogP contribution in [0, 0.1) is 17.8 Å². The van der Waals surface area contributed by atoms with E-state index in [9.17, 15) is 13.2 Å². The van der Waals surface area contributed by atoms with E-state index in [0.717, 1.165) is 10.9 Å². The largest absolute Gasteiger partial charge is 0.310 e. The van der Waals surface area contributed by atoms with Crippen molar-refractivity contribution in [3.8, 4) is 0 Å². The van der Waals surface area contributed by atoms with Gasteiger partial charge in [0.25, 0.3) is 10.2 Å². The summed E-state index contributed by atoms with van der Waals surface area (Å²) >= 11 is 3.31. The topological polar surface area (TPSA) is 82.6 Å². The minimum Gasteiger partial charge on any atom is -0.310 e. The number of anilines is 1. The van der Waals surface area contributed by atoms with E-state index in [0.29, 0.717) is 50.1 Å². The number of nitrogens with zero attached hydrogens (tertiary/aromatic N) is 3. The fraction of sp³-hybridized carbons (Fsp3) is 0.667. The molecule has 2 fully saturated rings. The van der Waals surface area contributed by atoms with Crippen molar-refractivity contribution in [2.24, 2.45) is 17.8 Å². The molecule has 9 heteroatoms. The molecular formula is C18H27BrN4O3S. The Morgan fingerprint density at radius 3 is 2.52 bits per heavy atom. The second kappa shape index (κ2) is 8.55. The number of aromatic nitrogens is 1. The van der Waals surface area contributed by atoms with Gasteiger partial charge in [-0.3, -0.25) is 4.79 Å². The van der Waals surface area contributed by atoms with Crippen molar-refractivity contribution in [3.05, 3.63) is 22.8 Å². The van der Waals surface area contributed by atoms with Gasteiger partial charge in [-0.25, -0.2) is 4.98 Å². The molecule has 2 aliphatic heterocycles. The molecule has 0 aromatic carbocycles. The highest BCUT2D eigenvalue weighted by Crippen LogP contribution is 2.28. The molecule has 27 heavy (non-hydrogen) atoms. The molecule has 3 rings (SSSR count). The van der Waals surface area contributed by atoms with E-state index in [1.54, 1.807) is 22.6 Å². The average Bonchev–Trinajstić information content (AvgIpc) is 2.63. The van der Waals surface area contributed by atoms with Gasteiger partial charge in [0.1, 0.15) is 5.82 Å². The minimum absolute atomic E-state index is 0.176. The van der Waals surface area contributed by atoms with Crippen molar-refractivity contribution in [1.82, 2.24) is 13.6 Å². The van der Waals surface area contributed by atoms with Gasteiger partial charge < -0.3 is 5.32 Å². The molecule has 1 aromatic rings. The molecule has 1 aromatic heterocycles. The first kappa shape index (κ1) is 20.7. The van der Waals surface area contributed by atoms with Crippen LogP contribution in [0.5, 0.6) is 0 Å². The SMILES string of the molecule is CC1CC(C)CN(S(=O)(=O)N2CCCC(C(=O)Nc3ccc(Br)cn3)C2)C1. The molecule has 1 N–H and O–H groups in total. The number of carbonyl (C=O) groups is 1. The van der Waals surface area contributed by atoms with Gasteiger partial charge in [0.05, 0.1) is 5.92 Å². The first-order valence-corrected chi connectivity index (χ1v) is 11.6. The lowest BCUT2D eigenvalue weighted by Crippen LogP contribution is -2.53. The molecule has 2 aliphatic rings. The number of halogens is 1. The summed E-state index contributed by atoms with van der Waals surface area (Å²) in [4.78, 5) is 16.8. The summed E-state index contributed by atoms with van der Waals surface area (Å²) in [5.74, 6) is 0.650. The Bertz CT molecular complexity index is 761. The van der Waals surface area contributed by atoms with Crippen LogP contribution >= 0.6 is 15.9 Å². The molecule has 0 saturated carbocycles. The monoisotopic (exact) mass is 458 g/mol. The van der Waals surface area contributed by atoms with Crippen LogP contribution in [0.3, 0.4) is 0 Å². The van der Waals surface area contributed by atoms with Crippen molar-refractivity contribution in [2.45, 2.75) is 33.1 Å². The van der Waals surface area contributed by atoms with Gasteiger partial charge in [0, 0.05) is 36.8 Å². The number of piperidine rings is 2. The van der Waals surface area contributed by atoms with Crippen LogP contribution in [0.25, 0.3) is 0 Å². The summed E-state index contributed by atoms with van der Waals surface area (Å²) in [7, 11) is -3.53. The average molecular weight is 459 g/mol. The Morgan fingerprint density at radius 1 is 1.19 bits per heavy atom. The van der Waals surface area contributed by atoms with Crippen molar-refractivity contribution in [2.75, 3.05) is 31.5 Å². The third-order valence-corrected chi connectivity index (χ3v) is 7.63. The molecule has 0 bridgehead atoms. The first-order chi connectivity index (χ1) is 12.8. The Morgan fingerprint density at radius 2 is 1.89 bits per heavy atom. The predicted molar refractivity (Wildman–Crippen MR) is 108 cm³/mol. The fourth-order valence-electron chi connectivity index (χ4n) is 4.00. The van der Waals surface area contributed by atoms with Crippen LogP contribution in [0.4, 0.5) is 5.82 Å². The number of rotatable bonds is 4. The first-order valence-electron chi connectivity index (χ1n) is 9.43. The van der Waals surface area contributed by atoms with Crippen LogP contribution in [-0.2, 0) is 15.0 Å². The predicted octanol–water partition coefficient (Wildman–Crippen LogP) is 2.72. The van der Waals surface area contributed by atoms with Crippen LogP contribution in [0.1, 0.15) is 33.1 Å². The molecule has 2 saturated heterocycles. The zero-order valence-electron chi connectivity index (χ0n) is 15.8. The second-order valence-corrected chi connectivity index (χ2v) is 10.7. The van der Waals surface area contributed by atoms with Gasteiger partial charge >= 0.3 is 0 Å². The molecule has 150 valence electrons. The number of hydrogen-bond donors (Lipinski definition) is 1. The van der Waals surface area contributed by atoms with Gasteiger partial charge in [-0.15, -0.1) is 0 Å². The number of amides is 1. The maximum atomic E-state index is 13.1. The standard InChI is InChI=1S/C18H27BrN4O3S/c1-13-8-14(2)11-23(10-13)27(25,26)22-7-3-4-15(12-22)18(24)21-17-6-5-16(19)9-20-17/h5-6,9,13-15H,3-4,7-8,10-12H2,1-2H3,(H,20,21,24). The number of nitrogens with one attached hydrogen (secondary N) is 1. The van der Waals surface area contributed by atoms with Crippen molar-refractivity contribution in [1.29, 1.82) is 0 Å². The third kappa shape index (κ3) is 5.07. The number of hydrogen-bond acceptors (Lipinski definition) is 4. The molecule has 1 amide bonds. The van der Waals surface area contributed by atoms with E-state index in [1.807, 2.05) is 0 Å². The number of pyridine rings is 1. The zero-order chi connectivity index (χ0) is 19.6. The molecule has 3 atom stereocenters. The van der Waals surface area contributed by atoms with Crippen molar-refractivity contribution in [3.63, 3.8) is 0 Å². The molecule has 0 aliphatic carbocycles. The summed E-state index contributed by atoms with van der Waals surface area (Å²) < 4.78 is 30.1. The van der Waals surface area contributed by atoms with Gasteiger partial charge in [-0.1, -0.05) is 13.8 Å². The highest BCUT2D eigenvalue weighted by Gasteiger charge is 2.38. The Balaban J connectivity index is 1.66. The van der Waals surface area contributed by atoms with Crippen LogP contribution in [-0.4, -0.2) is 54.1 Å². The van der Waals surface area contributed by atoms with Crippen LogP contribution in [0.15, 0.2) is 22.8 Å². The maximum absolute atomic E-state index is 13.1. The van der Waals surface area contributed by atoms with E-state index in [-0.39, 0.29) is 18.4 Å². The lowest BCUT2D eigenvalue weighted by molar-refractivity contribution is -0.120. The quantitative estimate of drug-likeness (QED) is 0.751. The Kier molecular flexibility index (Phi) is 6.55. The summed E-state index contributed by atoms with van der Waals surface area (Å²) in [5, 5.41) is 2.80. The van der Waals surface area contributed by atoms with Gasteiger partial charge in [-0.05, 0) is 59.2 Å². The molecule has 7 nitrogen and oxygen atoms in total. The van der Waals surface area contributed by atoms with Crippen LogP contribution < -0.4 is 5.32 Å². The van der Waals surface area contributed by atoms with E-state index >= 15 is 0 Å². The molecular weight excluding hydrogens is 432 g/mol. The van der Waals surface area contributed by atoms with Gasteiger partial charge in [0.15, 0.2) is 0 Å². The smallest absolute Gasteiger partial charge is 0.282 e. The molecule has 0 radical (unpaired) electrons. The lowest BCUT2D eigenvalue weighted by Gasteiger charge is -2.39. The fourth-order valence-corrected chi connectivity index (χ4v) is 6.18. The van der Waals surface area contributed by atoms with Crippen molar-refractivity contribution >= 4 is 37.9 Å². The molecule has 3 heterocycles. The highest BCUT2D eigenvalue weighted by atomic mass is 79.9. The lowest BCUT2D eigenvalue weighted by atomic mass is 9.94. The van der Waals surface area contributed by atoms with E-state index < -0.39 is 10.2 Å². The van der Waals surface area contributed by atoms with Gasteiger partial charge in [-0.2, -0.15) is 17.0 Å². The van der Waals surface area contributed by atoms with E-state index in [2.05, 4.69) is 40.1 Å². The Labute approximate surface area is 169 Å².